The summed E-state index contributed by atoms with van der Waals surface area (Å²) in [5, 5.41) is 9.49. The second-order valence-electron chi connectivity index (χ2n) is 6.21. The summed E-state index contributed by atoms with van der Waals surface area (Å²) in [7, 11) is 3.84. The summed E-state index contributed by atoms with van der Waals surface area (Å²) in [6, 6.07) is 7.34. The second-order valence-corrected chi connectivity index (χ2v) is 6.21. The number of nitrogens with one attached hydrogen (secondary N) is 2. The maximum Gasteiger partial charge on any atom is 0.251 e. The van der Waals surface area contributed by atoms with Gasteiger partial charge in [0.2, 0.25) is 11.8 Å². The molecule has 2 heterocycles. The van der Waals surface area contributed by atoms with E-state index in [1.165, 1.54) is 0 Å². The van der Waals surface area contributed by atoms with Gasteiger partial charge in [0.25, 0.3) is 5.91 Å². The zero-order valence-electron chi connectivity index (χ0n) is 14.3. The molecule has 1 unspecified atom stereocenters. The predicted octanol–water partition coefficient (Wildman–Crippen LogP) is 1.06. The number of nitrogens with zero attached hydrogens (tertiary/aromatic N) is 3. The van der Waals surface area contributed by atoms with Gasteiger partial charge in [0.1, 0.15) is 0 Å². The van der Waals surface area contributed by atoms with E-state index in [-0.39, 0.29) is 24.3 Å². The SMILES string of the molecule is CN(C)c1cccc(C(=O)NCc2nc(C3CCNC(=O)C3)no2)c1. The summed E-state index contributed by atoms with van der Waals surface area (Å²) in [6.07, 6.45) is 1.15. The number of benzene rings is 1. The minimum Gasteiger partial charge on any atom is -0.378 e. The van der Waals surface area contributed by atoms with Crippen LogP contribution in [-0.2, 0) is 11.3 Å². The van der Waals surface area contributed by atoms with Gasteiger partial charge in [-0.2, -0.15) is 4.98 Å². The van der Waals surface area contributed by atoms with Crippen molar-refractivity contribution < 1.29 is 14.1 Å². The fourth-order valence-electron chi connectivity index (χ4n) is 2.69. The molecule has 0 bridgehead atoms. The Morgan fingerprint density at radius 1 is 1.44 bits per heavy atom. The van der Waals surface area contributed by atoms with Gasteiger partial charge in [0.15, 0.2) is 5.82 Å². The van der Waals surface area contributed by atoms with E-state index < -0.39 is 0 Å². The molecule has 0 saturated carbocycles. The molecule has 1 saturated heterocycles. The lowest BCUT2D eigenvalue weighted by Crippen LogP contribution is -2.32. The van der Waals surface area contributed by atoms with E-state index in [1.54, 1.807) is 6.07 Å². The molecule has 132 valence electrons. The van der Waals surface area contributed by atoms with Crippen molar-refractivity contribution in [2.75, 3.05) is 25.5 Å². The molecule has 1 aliphatic heterocycles. The average Bonchev–Trinajstić information content (AvgIpc) is 3.09. The van der Waals surface area contributed by atoms with Gasteiger partial charge in [-0.1, -0.05) is 11.2 Å². The van der Waals surface area contributed by atoms with E-state index >= 15 is 0 Å². The van der Waals surface area contributed by atoms with Gasteiger partial charge < -0.3 is 20.1 Å². The Hall–Kier alpha value is -2.90. The molecule has 0 aliphatic carbocycles. The first kappa shape index (κ1) is 16.9. The van der Waals surface area contributed by atoms with Gasteiger partial charge in [-0.25, -0.2) is 0 Å². The number of carbonyl (C=O) groups is 2. The molecule has 2 amide bonds. The van der Waals surface area contributed by atoms with Crippen molar-refractivity contribution in [1.82, 2.24) is 20.8 Å². The molecule has 1 atom stereocenters. The molecular formula is C17H21N5O3. The van der Waals surface area contributed by atoms with Gasteiger partial charge in [-0.3, -0.25) is 9.59 Å². The van der Waals surface area contributed by atoms with E-state index in [4.69, 9.17) is 4.52 Å². The fourth-order valence-corrected chi connectivity index (χ4v) is 2.69. The molecule has 0 radical (unpaired) electrons. The van der Waals surface area contributed by atoms with Crippen LogP contribution in [0.3, 0.4) is 0 Å². The molecule has 1 fully saturated rings. The molecule has 2 N–H and O–H groups in total. The zero-order valence-corrected chi connectivity index (χ0v) is 14.3. The van der Waals surface area contributed by atoms with Crippen molar-refractivity contribution in [2.24, 2.45) is 0 Å². The monoisotopic (exact) mass is 343 g/mol. The van der Waals surface area contributed by atoms with Gasteiger partial charge in [0.05, 0.1) is 6.54 Å². The van der Waals surface area contributed by atoms with Crippen molar-refractivity contribution in [3.05, 3.63) is 41.5 Å². The van der Waals surface area contributed by atoms with E-state index in [1.807, 2.05) is 37.2 Å². The van der Waals surface area contributed by atoms with Crippen LogP contribution < -0.4 is 15.5 Å². The standard InChI is InChI=1S/C17H21N5O3/c1-22(2)13-5-3-4-12(8-13)17(24)19-10-15-20-16(21-25-15)11-6-7-18-14(23)9-11/h3-5,8,11H,6-7,9-10H2,1-2H3,(H,18,23)(H,19,24). The van der Waals surface area contributed by atoms with Crippen LogP contribution in [0.5, 0.6) is 0 Å². The Morgan fingerprint density at radius 3 is 3.04 bits per heavy atom. The summed E-state index contributed by atoms with van der Waals surface area (Å²) in [4.78, 5) is 29.9. The average molecular weight is 343 g/mol. The van der Waals surface area contributed by atoms with Crippen molar-refractivity contribution >= 4 is 17.5 Å². The molecule has 8 nitrogen and oxygen atoms in total. The van der Waals surface area contributed by atoms with Crippen molar-refractivity contribution in [2.45, 2.75) is 25.3 Å². The Kier molecular flexibility index (Phi) is 4.97. The third-order valence-electron chi connectivity index (χ3n) is 4.12. The van der Waals surface area contributed by atoms with Crippen LogP contribution in [0.2, 0.25) is 0 Å². The van der Waals surface area contributed by atoms with E-state index in [9.17, 15) is 9.59 Å². The first-order valence-corrected chi connectivity index (χ1v) is 8.17. The van der Waals surface area contributed by atoms with Gasteiger partial charge >= 0.3 is 0 Å². The smallest absolute Gasteiger partial charge is 0.251 e. The van der Waals surface area contributed by atoms with Gasteiger partial charge in [0, 0.05) is 44.2 Å². The first-order valence-electron chi connectivity index (χ1n) is 8.17. The Morgan fingerprint density at radius 2 is 2.28 bits per heavy atom. The topological polar surface area (TPSA) is 100 Å². The fraction of sp³-hybridized carbons (Fsp3) is 0.412. The molecule has 2 aromatic rings. The second kappa shape index (κ2) is 7.33. The molecule has 1 aromatic heterocycles. The lowest BCUT2D eigenvalue weighted by Gasteiger charge is -2.18. The lowest BCUT2D eigenvalue weighted by atomic mass is 9.97. The normalized spacial score (nSPS) is 17.0. The third kappa shape index (κ3) is 4.14. The quantitative estimate of drug-likeness (QED) is 0.842. The van der Waals surface area contributed by atoms with Crippen molar-refractivity contribution in [3.8, 4) is 0 Å². The molecule has 1 aliphatic rings. The molecule has 0 spiro atoms. The minimum atomic E-state index is -0.208. The highest BCUT2D eigenvalue weighted by Gasteiger charge is 2.25. The summed E-state index contributed by atoms with van der Waals surface area (Å²) in [5.41, 5.74) is 1.51. The number of rotatable bonds is 5. The summed E-state index contributed by atoms with van der Waals surface area (Å²) >= 11 is 0. The van der Waals surface area contributed by atoms with Crippen LogP contribution >= 0.6 is 0 Å². The molecule has 3 rings (SSSR count). The maximum absolute atomic E-state index is 12.3. The van der Waals surface area contributed by atoms with Crippen molar-refractivity contribution in [3.63, 3.8) is 0 Å². The number of hydrogen-bond acceptors (Lipinski definition) is 6. The number of carbonyl (C=O) groups excluding carboxylic acids is 2. The highest BCUT2D eigenvalue weighted by molar-refractivity contribution is 5.95. The van der Waals surface area contributed by atoms with Crippen LogP contribution in [0.25, 0.3) is 0 Å². The van der Waals surface area contributed by atoms with Crippen LogP contribution in [0.4, 0.5) is 5.69 Å². The van der Waals surface area contributed by atoms with E-state index in [2.05, 4.69) is 20.8 Å². The van der Waals surface area contributed by atoms with Crippen LogP contribution in [-0.4, -0.2) is 42.6 Å². The number of amides is 2. The number of aromatic nitrogens is 2. The zero-order chi connectivity index (χ0) is 17.8. The summed E-state index contributed by atoms with van der Waals surface area (Å²) in [6.45, 7) is 0.767. The number of hydrogen-bond donors (Lipinski definition) is 2. The highest BCUT2D eigenvalue weighted by Crippen LogP contribution is 2.23. The minimum absolute atomic E-state index is 0.00308. The Balaban J connectivity index is 1.59. The van der Waals surface area contributed by atoms with E-state index in [0.717, 1.165) is 12.1 Å². The molecular weight excluding hydrogens is 322 g/mol. The Labute approximate surface area is 145 Å². The maximum atomic E-state index is 12.3. The highest BCUT2D eigenvalue weighted by atomic mass is 16.5. The summed E-state index contributed by atoms with van der Waals surface area (Å²) < 4.78 is 5.19. The number of anilines is 1. The predicted molar refractivity (Wildman–Crippen MR) is 91.2 cm³/mol. The van der Waals surface area contributed by atoms with Gasteiger partial charge in [-0.15, -0.1) is 0 Å². The third-order valence-corrected chi connectivity index (χ3v) is 4.12. The number of piperidine rings is 1. The largest absolute Gasteiger partial charge is 0.378 e. The molecule has 1 aromatic carbocycles. The first-order chi connectivity index (χ1) is 12.0. The van der Waals surface area contributed by atoms with E-state index in [0.29, 0.717) is 30.2 Å². The van der Waals surface area contributed by atoms with Gasteiger partial charge in [-0.05, 0) is 24.6 Å². The lowest BCUT2D eigenvalue weighted by molar-refractivity contribution is -0.122. The van der Waals surface area contributed by atoms with Crippen LogP contribution in [0.15, 0.2) is 28.8 Å². The van der Waals surface area contributed by atoms with Crippen LogP contribution in [0.1, 0.15) is 40.8 Å². The molecule has 25 heavy (non-hydrogen) atoms. The Bertz CT molecular complexity index is 771. The van der Waals surface area contributed by atoms with Crippen molar-refractivity contribution in [1.29, 1.82) is 0 Å². The molecule has 8 heteroatoms. The van der Waals surface area contributed by atoms with Crippen LogP contribution in [0, 0.1) is 0 Å². The summed E-state index contributed by atoms with van der Waals surface area (Å²) in [5.74, 6) is 0.614.